The Labute approximate surface area is 94.1 Å². The summed E-state index contributed by atoms with van der Waals surface area (Å²) in [5, 5.41) is 12.4. The van der Waals surface area contributed by atoms with Gasteiger partial charge in [0.25, 0.3) is 0 Å². The largest absolute Gasteiger partial charge is 0.354 e. The van der Waals surface area contributed by atoms with Crippen molar-refractivity contribution in [2.75, 3.05) is 18.1 Å². The van der Waals surface area contributed by atoms with Crippen molar-refractivity contribution < 1.29 is 0 Å². The fraction of sp³-hybridized carbons (Fsp3) is 0.500. The average Bonchev–Trinajstić information content (AvgIpc) is 2.29. The van der Waals surface area contributed by atoms with Gasteiger partial charge >= 0.3 is 0 Å². The number of aromatic nitrogens is 2. The monoisotopic (exact) mass is 222 g/mol. The van der Waals surface area contributed by atoms with Crippen molar-refractivity contribution in [1.29, 1.82) is 5.26 Å². The third kappa shape index (κ3) is 4.17. The maximum absolute atomic E-state index is 8.64. The first-order valence-corrected chi connectivity index (χ1v) is 6.05. The molecule has 0 saturated heterocycles. The van der Waals surface area contributed by atoms with Crippen LogP contribution in [0.2, 0.25) is 0 Å². The summed E-state index contributed by atoms with van der Waals surface area (Å²) < 4.78 is 0. The molecule has 4 nitrogen and oxygen atoms in total. The van der Waals surface area contributed by atoms with Gasteiger partial charge in [0, 0.05) is 18.0 Å². The summed E-state index contributed by atoms with van der Waals surface area (Å²) >= 11 is 1.83. The van der Waals surface area contributed by atoms with Crippen molar-refractivity contribution in [3.8, 4) is 6.07 Å². The summed E-state index contributed by atoms with van der Waals surface area (Å²) in [4.78, 5) is 8.05. The fourth-order valence-electron chi connectivity index (χ4n) is 1.01. The molecule has 1 rings (SSSR count). The fourth-order valence-corrected chi connectivity index (χ4v) is 1.36. The molecular formula is C10H14N4S. The molecule has 0 saturated carbocycles. The number of hydrogen-bond acceptors (Lipinski definition) is 5. The molecule has 0 spiro atoms. The first kappa shape index (κ1) is 11.8. The smallest absolute Gasteiger partial charge is 0.223 e. The SMILES string of the molecule is CSC(C)CCNc1nccc(C#N)n1. The van der Waals surface area contributed by atoms with Gasteiger partial charge < -0.3 is 5.32 Å². The van der Waals surface area contributed by atoms with Crippen LogP contribution in [0, 0.1) is 11.3 Å². The van der Waals surface area contributed by atoms with Crippen LogP contribution in [-0.2, 0) is 0 Å². The zero-order valence-electron chi connectivity index (χ0n) is 8.90. The molecule has 0 amide bonds. The topological polar surface area (TPSA) is 61.6 Å². The van der Waals surface area contributed by atoms with Gasteiger partial charge in [0.05, 0.1) is 0 Å². The van der Waals surface area contributed by atoms with Crippen molar-refractivity contribution in [3.05, 3.63) is 18.0 Å². The molecule has 1 aromatic rings. The van der Waals surface area contributed by atoms with Gasteiger partial charge in [-0.25, -0.2) is 9.97 Å². The summed E-state index contributed by atoms with van der Waals surface area (Å²) in [5.41, 5.74) is 0.394. The molecule has 0 bridgehead atoms. The number of nitrogens with one attached hydrogen (secondary N) is 1. The second-order valence-electron chi connectivity index (χ2n) is 3.14. The Bertz CT molecular complexity index is 348. The third-order valence-electron chi connectivity index (χ3n) is 2.01. The molecule has 5 heteroatoms. The van der Waals surface area contributed by atoms with E-state index in [1.807, 2.05) is 17.8 Å². The van der Waals surface area contributed by atoms with E-state index in [0.29, 0.717) is 16.9 Å². The molecule has 1 atom stereocenters. The van der Waals surface area contributed by atoms with Crippen molar-refractivity contribution >= 4 is 17.7 Å². The molecule has 80 valence electrons. The third-order valence-corrected chi connectivity index (χ3v) is 3.05. The minimum absolute atomic E-state index is 0.394. The van der Waals surface area contributed by atoms with Gasteiger partial charge in [-0.15, -0.1) is 0 Å². The average molecular weight is 222 g/mol. The van der Waals surface area contributed by atoms with E-state index in [1.165, 1.54) is 0 Å². The van der Waals surface area contributed by atoms with Crippen LogP contribution in [0.1, 0.15) is 19.0 Å². The number of anilines is 1. The lowest BCUT2D eigenvalue weighted by Gasteiger charge is -2.08. The predicted molar refractivity (Wildman–Crippen MR) is 62.8 cm³/mol. The normalized spacial score (nSPS) is 11.8. The van der Waals surface area contributed by atoms with E-state index in [1.54, 1.807) is 12.3 Å². The van der Waals surface area contributed by atoms with Gasteiger partial charge in [-0.1, -0.05) is 6.92 Å². The number of hydrogen-bond donors (Lipinski definition) is 1. The van der Waals surface area contributed by atoms with Gasteiger partial charge in [0.2, 0.25) is 5.95 Å². The van der Waals surface area contributed by atoms with Crippen LogP contribution in [0.15, 0.2) is 12.3 Å². The Hall–Kier alpha value is -1.28. The van der Waals surface area contributed by atoms with Gasteiger partial charge in [-0.2, -0.15) is 17.0 Å². The van der Waals surface area contributed by atoms with Crippen molar-refractivity contribution in [2.24, 2.45) is 0 Å². The highest BCUT2D eigenvalue weighted by Crippen LogP contribution is 2.09. The molecule has 0 aromatic carbocycles. The van der Waals surface area contributed by atoms with E-state index in [0.717, 1.165) is 13.0 Å². The van der Waals surface area contributed by atoms with Crippen LogP contribution >= 0.6 is 11.8 Å². The van der Waals surface area contributed by atoms with E-state index in [2.05, 4.69) is 28.5 Å². The van der Waals surface area contributed by atoms with Crippen LogP contribution in [-0.4, -0.2) is 28.0 Å². The Morgan fingerprint density at radius 3 is 3.13 bits per heavy atom. The first-order chi connectivity index (χ1) is 7.26. The minimum atomic E-state index is 0.394. The second kappa shape index (κ2) is 6.25. The number of nitriles is 1. The molecule has 0 aliphatic heterocycles. The second-order valence-corrected chi connectivity index (χ2v) is 4.42. The first-order valence-electron chi connectivity index (χ1n) is 4.76. The van der Waals surface area contributed by atoms with Crippen LogP contribution in [0.5, 0.6) is 0 Å². The Kier molecular flexibility index (Phi) is 4.91. The highest BCUT2D eigenvalue weighted by atomic mass is 32.2. The van der Waals surface area contributed by atoms with Gasteiger partial charge in [0.1, 0.15) is 11.8 Å². The van der Waals surface area contributed by atoms with Gasteiger partial charge in [-0.05, 0) is 18.7 Å². The highest BCUT2D eigenvalue weighted by molar-refractivity contribution is 7.99. The van der Waals surface area contributed by atoms with Crippen molar-refractivity contribution in [1.82, 2.24) is 9.97 Å². The molecular weight excluding hydrogens is 208 g/mol. The maximum Gasteiger partial charge on any atom is 0.223 e. The molecule has 1 unspecified atom stereocenters. The Morgan fingerprint density at radius 2 is 2.47 bits per heavy atom. The molecule has 0 radical (unpaired) electrons. The predicted octanol–water partition coefficient (Wildman–Crippen LogP) is 1.90. The summed E-state index contributed by atoms with van der Waals surface area (Å²) in [6, 6.07) is 3.58. The van der Waals surface area contributed by atoms with Crippen LogP contribution in [0.3, 0.4) is 0 Å². The molecule has 1 heterocycles. The molecule has 1 aromatic heterocycles. The lowest BCUT2D eigenvalue weighted by atomic mass is 10.3. The Balaban J connectivity index is 2.41. The Morgan fingerprint density at radius 1 is 1.67 bits per heavy atom. The van der Waals surface area contributed by atoms with E-state index in [4.69, 9.17) is 5.26 Å². The minimum Gasteiger partial charge on any atom is -0.354 e. The van der Waals surface area contributed by atoms with Gasteiger partial charge in [0.15, 0.2) is 0 Å². The summed E-state index contributed by atoms with van der Waals surface area (Å²) in [5.74, 6) is 0.530. The van der Waals surface area contributed by atoms with E-state index >= 15 is 0 Å². The molecule has 1 N–H and O–H groups in total. The van der Waals surface area contributed by atoms with Crippen LogP contribution in [0.4, 0.5) is 5.95 Å². The zero-order chi connectivity index (χ0) is 11.1. The number of rotatable bonds is 5. The van der Waals surface area contributed by atoms with Crippen LogP contribution < -0.4 is 5.32 Å². The van der Waals surface area contributed by atoms with E-state index in [9.17, 15) is 0 Å². The van der Waals surface area contributed by atoms with E-state index < -0.39 is 0 Å². The molecule has 0 aliphatic rings. The molecule has 0 aliphatic carbocycles. The summed E-state index contributed by atoms with van der Waals surface area (Å²) in [6.45, 7) is 3.01. The lowest BCUT2D eigenvalue weighted by molar-refractivity contribution is 0.844. The van der Waals surface area contributed by atoms with Crippen LogP contribution in [0.25, 0.3) is 0 Å². The lowest BCUT2D eigenvalue weighted by Crippen LogP contribution is -2.10. The standard InChI is InChI=1S/C10H14N4S/c1-8(15-2)3-5-12-10-13-6-4-9(7-11)14-10/h4,6,8H,3,5H2,1-2H3,(H,12,13,14). The molecule has 0 fully saturated rings. The number of nitrogens with zero attached hydrogens (tertiary/aromatic N) is 3. The summed E-state index contributed by atoms with van der Waals surface area (Å²) in [6.07, 6.45) is 4.74. The van der Waals surface area contributed by atoms with Crippen molar-refractivity contribution in [3.63, 3.8) is 0 Å². The maximum atomic E-state index is 8.64. The highest BCUT2D eigenvalue weighted by Gasteiger charge is 2.00. The van der Waals surface area contributed by atoms with Gasteiger partial charge in [-0.3, -0.25) is 0 Å². The summed E-state index contributed by atoms with van der Waals surface area (Å²) in [7, 11) is 0. The van der Waals surface area contributed by atoms with E-state index in [-0.39, 0.29) is 0 Å². The quantitative estimate of drug-likeness (QED) is 0.824. The zero-order valence-corrected chi connectivity index (χ0v) is 9.71. The number of thioether (sulfide) groups is 1. The van der Waals surface area contributed by atoms with Crippen molar-refractivity contribution in [2.45, 2.75) is 18.6 Å². The molecule has 15 heavy (non-hydrogen) atoms.